The van der Waals surface area contributed by atoms with Crippen molar-refractivity contribution in [3.8, 4) is 11.3 Å². The molecule has 0 aliphatic heterocycles. The van der Waals surface area contributed by atoms with Crippen LogP contribution in [0.3, 0.4) is 0 Å². The van der Waals surface area contributed by atoms with Crippen LogP contribution in [0.2, 0.25) is 10.2 Å². The molecule has 0 saturated heterocycles. The second kappa shape index (κ2) is 4.17. The number of rotatable bonds is 1. The molecule has 1 aromatic heterocycles. The average molecular weight is 239 g/mol. The summed E-state index contributed by atoms with van der Waals surface area (Å²) >= 11 is 11.8. The first-order valence-corrected chi connectivity index (χ1v) is 5.16. The van der Waals surface area contributed by atoms with Crippen molar-refractivity contribution in [2.45, 2.75) is 6.92 Å². The standard InChI is InChI=1S/C11H8Cl2N2/c1-7-2-3-8(4-9(7)12)10-5-14-6-11(13)15-10/h2-6H,1H3. The molecular weight excluding hydrogens is 231 g/mol. The smallest absolute Gasteiger partial charge is 0.148 e. The van der Waals surface area contributed by atoms with Gasteiger partial charge in [-0.2, -0.15) is 0 Å². The number of aryl methyl sites for hydroxylation is 1. The molecule has 76 valence electrons. The van der Waals surface area contributed by atoms with Crippen LogP contribution >= 0.6 is 23.2 Å². The second-order valence-electron chi connectivity index (χ2n) is 3.19. The molecule has 1 aromatic carbocycles. The van der Waals surface area contributed by atoms with E-state index in [0.29, 0.717) is 10.2 Å². The Kier molecular flexibility index (Phi) is 2.89. The van der Waals surface area contributed by atoms with Gasteiger partial charge >= 0.3 is 0 Å². The predicted molar refractivity (Wildman–Crippen MR) is 62.2 cm³/mol. The summed E-state index contributed by atoms with van der Waals surface area (Å²) < 4.78 is 0. The molecule has 0 amide bonds. The average Bonchev–Trinajstić information content (AvgIpc) is 2.22. The summed E-state index contributed by atoms with van der Waals surface area (Å²) in [7, 11) is 0. The third-order valence-corrected chi connectivity index (χ3v) is 2.66. The second-order valence-corrected chi connectivity index (χ2v) is 3.99. The highest BCUT2D eigenvalue weighted by Gasteiger charge is 2.03. The van der Waals surface area contributed by atoms with E-state index in [-0.39, 0.29) is 0 Å². The maximum Gasteiger partial charge on any atom is 0.148 e. The van der Waals surface area contributed by atoms with Crippen molar-refractivity contribution < 1.29 is 0 Å². The van der Waals surface area contributed by atoms with Crippen LogP contribution in [-0.2, 0) is 0 Å². The number of nitrogens with zero attached hydrogens (tertiary/aromatic N) is 2. The molecule has 0 N–H and O–H groups in total. The molecule has 2 rings (SSSR count). The lowest BCUT2D eigenvalue weighted by atomic mass is 10.1. The molecule has 0 radical (unpaired) electrons. The van der Waals surface area contributed by atoms with Gasteiger partial charge in [0, 0.05) is 10.6 Å². The van der Waals surface area contributed by atoms with Crippen LogP contribution in [0.4, 0.5) is 0 Å². The fourth-order valence-corrected chi connectivity index (χ4v) is 1.56. The predicted octanol–water partition coefficient (Wildman–Crippen LogP) is 3.76. The van der Waals surface area contributed by atoms with Crippen LogP contribution in [0.15, 0.2) is 30.6 Å². The van der Waals surface area contributed by atoms with Gasteiger partial charge in [-0.15, -0.1) is 0 Å². The minimum Gasteiger partial charge on any atom is -0.259 e. The summed E-state index contributed by atoms with van der Waals surface area (Å²) in [6.07, 6.45) is 3.16. The molecule has 0 atom stereocenters. The molecular formula is C11H8Cl2N2. The Balaban J connectivity index is 2.50. The Morgan fingerprint density at radius 2 is 1.93 bits per heavy atom. The van der Waals surface area contributed by atoms with E-state index >= 15 is 0 Å². The maximum absolute atomic E-state index is 6.02. The monoisotopic (exact) mass is 238 g/mol. The summed E-state index contributed by atoms with van der Waals surface area (Å²) in [4.78, 5) is 8.13. The van der Waals surface area contributed by atoms with Crippen LogP contribution in [0.5, 0.6) is 0 Å². The third-order valence-electron chi connectivity index (χ3n) is 2.07. The van der Waals surface area contributed by atoms with E-state index in [4.69, 9.17) is 23.2 Å². The molecule has 0 bridgehead atoms. The molecule has 15 heavy (non-hydrogen) atoms. The molecule has 0 saturated carbocycles. The number of benzene rings is 1. The number of halogens is 2. The largest absolute Gasteiger partial charge is 0.259 e. The zero-order chi connectivity index (χ0) is 10.8. The van der Waals surface area contributed by atoms with Gasteiger partial charge in [0.25, 0.3) is 0 Å². The molecule has 0 aliphatic rings. The van der Waals surface area contributed by atoms with E-state index in [9.17, 15) is 0 Å². The highest BCUT2D eigenvalue weighted by molar-refractivity contribution is 6.31. The van der Waals surface area contributed by atoms with Gasteiger partial charge in [0.2, 0.25) is 0 Å². The molecule has 2 nitrogen and oxygen atoms in total. The highest BCUT2D eigenvalue weighted by Crippen LogP contribution is 2.24. The number of aromatic nitrogens is 2. The Morgan fingerprint density at radius 1 is 1.13 bits per heavy atom. The van der Waals surface area contributed by atoms with Crippen LogP contribution in [0.25, 0.3) is 11.3 Å². The minimum absolute atomic E-state index is 0.379. The van der Waals surface area contributed by atoms with Crippen molar-refractivity contribution in [1.29, 1.82) is 0 Å². The molecule has 0 fully saturated rings. The SMILES string of the molecule is Cc1ccc(-c2cncc(Cl)n2)cc1Cl. The molecule has 4 heteroatoms. The topological polar surface area (TPSA) is 25.8 Å². The van der Waals surface area contributed by atoms with Gasteiger partial charge < -0.3 is 0 Å². The third kappa shape index (κ3) is 2.28. The highest BCUT2D eigenvalue weighted by atomic mass is 35.5. The quantitative estimate of drug-likeness (QED) is 0.757. The minimum atomic E-state index is 0.379. The zero-order valence-corrected chi connectivity index (χ0v) is 9.55. The van der Waals surface area contributed by atoms with Crippen molar-refractivity contribution in [3.63, 3.8) is 0 Å². The van der Waals surface area contributed by atoms with Gasteiger partial charge in [0.15, 0.2) is 0 Å². The summed E-state index contributed by atoms with van der Waals surface area (Å²) in [5, 5.41) is 1.10. The molecule has 0 unspecified atom stereocenters. The van der Waals surface area contributed by atoms with E-state index in [1.807, 2.05) is 25.1 Å². The summed E-state index contributed by atoms with van der Waals surface area (Å²) in [5.41, 5.74) is 2.68. The van der Waals surface area contributed by atoms with Crippen molar-refractivity contribution in [3.05, 3.63) is 46.3 Å². The Morgan fingerprint density at radius 3 is 2.60 bits per heavy atom. The fraction of sp³-hybridized carbons (Fsp3) is 0.0909. The first-order valence-electron chi connectivity index (χ1n) is 4.41. The zero-order valence-electron chi connectivity index (χ0n) is 8.04. The number of hydrogen-bond acceptors (Lipinski definition) is 2. The lowest BCUT2D eigenvalue weighted by Crippen LogP contribution is -1.86. The summed E-state index contributed by atoms with van der Waals surface area (Å²) in [6.45, 7) is 1.95. The van der Waals surface area contributed by atoms with Crippen LogP contribution in [-0.4, -0.2) is 9.97 Å². The van der Waals surface area contributed by atoms with E-state index in [0.717, 1.165) is 16.8 Å². The van der Waals surface area contributed by atoms with Gasteiger partial charge in [0.1, 0.15) is 5.15 Å². The molecule has 2 aromatic rings. The summed E-state index contributed by atoms with van der Waals surface area (Å²) in [5.74, 6) is 0. The van der Waals surface area contributed by atoms with E-state index < -0.39 is 0 Å². The van der Waals surface area contributed by atoms with Crippen molar-refractivity contribution in [2.75, 3.05) is 0 Å². The van der Waals surface area contributed by atoms with E-state index in [2.05, 4.69) is 9.97 Å². The van der Waals surface area contributed by atoms with Crippen LogP contribution in [0, 0.1) is 6.92 Å². The molecule has 1 heterocycles. The summed E-state index contributed by atoms with van der Waals surface area (Å²) in [6, 6.07) is 5.75. The molecule has 0 aliphatic carbocycles. The first-order chi connectivity index (χ1) is 7.16. The van der Waals surface area contributed by atoms with Crippen LogP contribution < -0.4 is 0 Å². The number of hydrogen-bond donors (Lipinski definition) is 0. The van der Waals surface area contributed by atoms with Crippen molar-refractivity contribution in [1.82, 2.24) is 9.97 Å². The van der Waals surface area contributed by atoms with Crippen molar-refractivity contribution in [2.24, 2.45) is 0 Å². The Bertz CT molecular complexity index is 498. The van der Waals surface area contributed by atoms with Gasteiger partial charge in [-0.05, 0) is 18.6 Å². The van der Waals surface area contributed by atoms with Gasteiger partial charge in [-0.3, -0.25) is 4.98 Å². The lowest BCUT2D eigenvalue weighted by molar-refractivity contribution is 1.20. The Labute approximate surface area is 97.9 Å². The normalized spacial score (nSPS) is 10.3. The van der Waals surface area contributed by atoms with Gasteiger partial charge in [0.05, 0.1) is 18.1 Å². The van der Waals surface area contributed by atoms with E-state index in [1.54, 1.807) is 6.20 Å². The molecule has 0 spiro atoms. The van der Waals surface area contributed by atoms with Crippen molar-refractivity contribution >= 4 is 23.2 Å². The van der Waals surface area contributed by atoms with E-state index in [1.165, 1.54) is 6.20 Å². The van der Waals surface area contributed by atoms with Gasteiger partial charge in [-0.25, -0.2) is 4.98 Å². The van der Waals surface area contributed by atoms with Crippen LogP contribution in [0.1, 0.15) is 5.56 Å². The fourth-order valence-electron chi connectivity index (χ4n) is 1.23. The van der Waals surface area contributed by atoms with Gasteiger partial charge in [-0.1, -0.05) is 35.3 Å². The maximum atomic E-state index is 6.02. The lowest BCUT2D eigenvalue weighted by Gasteiger charge is -2.03. The first kappa shape index (κ1) is 10.4. The Hall–Kier alpha value is -1.12.